The van der Waals surface area contributed by atoms with Crippen molar-refractivity contribution in [2.24, 2.45) is 10.9 Å². The third-order valence-electron chi connectivity index (χ3n) is 4.77. The predicted octanol–water partition coefficient (Wildman–Crippen LogP) is 2.76. The Bertz CT molecular complexity index is 855. The minimum atomic E-state index is -0.0740. The lowest BCUT2D eigenvalue weighted by Gasteiger charge is -2.13. The lowest BCUT2D eigenvalue weighted by atomic mass is 10.1. The number of ether oxygens (including phenoxy) is 1. The summed E-state index contributed by atoms with van der Waals surface area (Å²) in [6.45, 7) is 2.10. The standard InChI is InChI=1S/C22H29N5O2.HI/c1-23-21(28)19-5-3-4-16(12-19)8-11-26-22(24-2)27-14-18-9-10-25-20(13-18)29-15-17-6-7-17;/h3-5,9-10,12-13,17H,6-8,11,14-15H2,1-2H3,(H,23,28)(H2,24,26,27);1H. The van der Waals surface area contributed by atoms with Crippen LogP contribution in [0.15, 0.2) is 47.6 Å². The van der Waals surface area contributed by atoms with Crippen LogP contribution >= 0.6 is 24.0 Å². The Hall–Kier alpha value is -2.36. The van der Waals surface area contributed by atoms with Crippen molar-refractivity contribution in [1.29, 1.82) is 0 Å². The molecule has 0 radical (unpaired) electrons. The van der Waals surface area contributed by atoms with Crippen molar-refractivity contribution < 1.29 is 9.53 Å². The molecule has 7 nitrogen and oxygen atoms in total. The number of aliphatic imine (C=N–C) groups is 1. The smallest absolute Gasteiger partial charge is 0.251 e. The number of nitrogens with zero attached hydrogens (tertiary/aromatic N) is 2. The average Bonchev–Trinajstić information content (AvgIpc) is 3.59. The summed E-state index contributed by atoms with van der Waals surface area (Å²) in [6.07, 6.45) is 5.09. The van der Waals surface area contributed by atoms with Gasteiger partial charge in [-0.3, -0.25) is 9.79 Å². The number of hydrogen-bond donors (Lipinski definition) is 3. The minimum Gasteiger partial charge on any atom is -0.477 e. The summed E-state index contributed by atoms with van der Waals surface area (Å²) in [5, 5.41) is 9.26. The highest BCUT2D eigenvalue weighted by molar-refractivity contribution is 14.0. The monoisotopic (exact) mass is 523 g/mol. The Kier molecular flexibility index (Phi) is 9.85. The highest BCUT2D eigenvalue weighted by atomic mass is 127. The number of hydrogen-bond acceptors (Lipinski definition) is 4. The summed E-state index contributed by atoms with van der Waals surface area (Å²) in [7, 11) is 3.38. The van der Waals surface area contributed by atoms with Crippen molar-refractivity contribution in [3.8, 4) is 5.88 Å². The molecule has 1 saturated carbocycles. The summed E-state index contributed by atoms with van der Waals surface area (Å²) in [6, 6.07) is 11.6. The molecule has 1 amide bonds. The predicted molar refractivity (Wildman–Crippen MR) is 130 cm³/mol. The van der Waals surface area contributed by atoms with E-state index in [-0.39, 0.29) is 29.9 Å². The quantitative estimate of drug-likeness (QED) is 0.268. The first-order valence-electron chi connectivity index (χ1n) is 10.0. The van der Waals surface area contributed by atoms with Gasteiger partial charge in [-0.05, 0) is 54.5 Å². The normalized spacial score (nSPS) is 13.2. The van der Waals surface area contributed by atoms with Gasteiger partial charge in [0.15, 0.2) is 5.96 Å². The van der Waals surface area contributed by atoms with Crippen LogP contribution in [0.3, 0.4) is 0 Å². The number of aromatic nitrogens is 1. The molecule has 3 rings (SSSR count). The number of nitrogens with one attached hydrogen (secondary N) is 3. The number of pyridine rings is 1. The van der Waals surface area contributed by atoms with Crippen molar-refractivity contribution in [2.75, 3.05) is 27.2 Å². The lowest BCUT2D eigenvalue weighted by molar-refractivity contribution is 0.0963. The summed E-state index contributed by atoms with van der Waals surface area (Å²) in [4.78, 5) is 20.3. The highest BCUT2D eigenvalue weighted by Crippen LogP contribution is 2.29. The second-order valence-corrected chi connectivity index (χ2v) is 7.14. The molecule has 0 unspecified atom stereocenters. The van der Waals surface area contributed by atoms with Gasteiger partial charge in [0.2, 0.25) is 5.88 Å². The Balaban J connectivity index is 0.00000320. The first kappa shape index (κ1) is 23.9. The van der Waals surface area contributed by atoms with E-state index in [1.807, 2.05) is 36.4 Å². The molecule has 30 heavy (non-hydrogen) atoms. The molecular weight excluding hydrogens is 493 g/mol. The van der Waals surface area contributed by atoms with Gasteiger partial charge in [0.05, 0.1) is 6.61 Å². The van der Waals surface area contributed by atoms with Gasteiger partial charge in [0.25, 0.3) is 5.91 Å². The average molecular weight is 523 g/mol. The number of carbonyl (C=O) groups is 1. The SMILES string of the molecule is CN=C(NCCc1cccc(C(=O)NC)c1)NCc1ccnc(OCC2CC2)c1.I. The van der Waals surface area contributed by atoms with Crippen LogP contribution in [0.4, 0.5) is 0 Å². The van der Waals surface area contributed by atoms with Crippen molar-refractivity contribution in [2.45, 2.75) is 25.8 Å². The summed E-state index contributed by atoms with van der Waals surface area (Å²) in [5.74, 6) is 2.04. The Morgan fingerprint density at radius 1 is 1.20 bits per heavy atom. The molecule has 1 fully saturated rings. The van der Waals surface area contributed by atoms with Crippen LogP contribution in [0, 0.1) is 5.92 Å². The number of amides is 1. The van der Waals surface area contributed by atoms with E-state index in [1.165, 1.54) is 12.8 Å². The van der Waals surface area contributed by atoms with Gasteiger partial charge in [0, 0.05) is 45.0 Å². The first-order valence-corrected chi connectivity index (χ1v) is 10.0. The molecule has 0 bridgehead atoms. The molecule has 8 heteroatoms. The molecular formula is C22H30IN5O2. The molecule has 3 N–H and O–H groups in total. The van der Waals surface area contributed by atoms with Gasteiger partial charge in [-0.25, -0.2) is 4.98 Å². The Labute approximate surface area is 195 Å². The van der Waals surface area contributed by atoms with Gasteiger partial charge in [-0.15, -0.1) is 24.0 Å². The minimum absolute atomic E-state index is 0. The molecule has 0 aliphatic heterocycles. The number of benzene rings is 1. The lowest BCUT2D eigenvalue weighted by Crippen LogP contribution is -2.37. The third kappa shape index (κ3) is 7.81. The van der Waals surface area contributed by atoms with Crippen LogP contribution in [0.5, 0.6) is 5.88 Å². The molecule has 1 aromatic carbocycles. The zero-order valence-electron chi connectivity index (χ0n) is 17.5. The van der Waals surface area contributed by atoms with Gasteiger partial charge in [0.1, 0.15) is 0 Å². The summed E-state index contributed by atoms with van der Waals surface area (Å²) in [5.41, 5.74) is 2.86. The molecule has 1 aromatic heterocycles. The second-order valence-electron chi connectivity index (χ2n) is 7.14. The fourth-order valence-electron chi connectivity index (χ4n) is 2.87. The highest BCUT2D eigenvalue weighted by Gasteiger charge is 2.22. The molecule has 0 atom stereocenters. The summed E-state index contributed by atoms with van der Waals surface area (Å²) >= 11 is 0. The Morgan fingerprint density at radius 3 is 2.77 bits per heavy atom. The second kappa shape index (κ2) is 12.4. The molecule has 0 saturated heterocycles. The number of halogens is 1. The molecule has 1 heterocycles. The summed E-state index contributed by atoms with van der Waals surface area (Å²) < 4.78 is 5.74. The van der Waals surface area contributed by atoms with E-state index in [0.717, 1.165) is 30.1 Å². The van der Waals surface area contributed by atoms with Crippen molar-refractivity contribution in [1.82, 2.24) is 20.9 Å². The number of rotatable bonds is 9. The molecule has 2 aromatic rings. The van der Waals surface area contributed by atoms with Crippen molar-refractivity contribution >= 4 is 35.8 Å². The van der Waals surface area contributed by atoms with Crippen LogP contribution < -0.4 is 20.7 Å². The van der Waals surface area contributed by atoms with Crippen LogP contribution in [0.1, 0.15) is 34.3 Å². The zero-order chi connectivity index (χ0) is 20.5. The van der Waals surface area contributed by atoms with Gasteiger partial charge in [-0.1, -0.05) is 12.1 Å². The van der Waals surface area contributed by atoms with Gasteiger partial charge < -0.3 is 20.7 Å². The van der Waals surface area contributed by atoms with E-state index in [9.17, 15) is 4.79 Å². The fraction of sp³-hybridized carbons (Fsp3) is 0.409. The van der Waals surface area contributed by atoms with E-state index in [4.69, 9.17) is 4.74 Å². The van der Waals surface area contributed by atoms with Crippen LogP contribution in [0.2, 0.25) is 0 Å². The maximum atomic E-state index is 11.7. The molecule has 0 spiro atoms. The molecule has 1 aliphatic carbocycles. The van der Waals surface area contributed by atoms with Crippen molar-refractivity contribution in [3.63, 3.8) is 0 Å². The van der Waals surface area contributed by atoms with Crippen LogP contribution in [0.25, 0.3) is 0 Å². The largest absolute Gasteiger partial charge is 0.477 e. The molecule has 162 valence electrons. The maximum Gasteiger partial charge on any atom is 0.251 e. The van der Waals surface area contributed by atoms with E-state index in [1.54, 1.807) is 20.3 Å². The fourth-order valence-corrected chi connectivity index (χ4v) is 2.87. The third-order valence-corrected chi connectivity index (χ3v) is 4.77. The molecule has 1 aliphatic rings. The maximum absolute atomic E-state index is 11.7. The van der Waals surface area contributed by atoms with E-state index < -0.39 is 0 Å². The zero-order valence-corrected chi connectivity index (χ0v) is 19.8. The van der Waals surface area contributed by atoms with Crippen molar-refractivity contribution in [3.05, 3.63) is 59.3 Å². The van der Waals surface area contributed by atoms with E-state index in [0.29, 0.717) is 30.5 Å². The number of carbonyl (C=O) groups excluding carboxylic acids is 1. The van der Waals surface area contributed by atoms with Gasteiger partial charge >= 0.3 is 0 Å². The van der Waals surface area contributed by atoms with Gasteiger partial charge in [-0.2, -0.15) is 0 Å². The number of guanidine groups is 1. The Morgan fingerprint density at radius 2 is 2.03 bits per heavy atom. The van der Waals surface area contributed by atoms with E-state index in [2.05, 4.69) is 25.9 Å². The first-order chi connectivity index (χ1) is 14.2. The van der Waals surface area contributed by atoms with Crippen LogP contribution in [-0.4, -0.2) is 44.1 Å². The topological polar surface area (TPSA) is 87.6 Å². The van der Waals surface area contributed by atoms with E-state index >= 15 is 0 Å². The van der Waals surface area contributed by atoms with Crippen LogP contribution in [-0.2, 0) is 13.0 Å².